The third-order valence-electron chi connectivity index (χ3n) is 3.09. The Balaban J connectivity index is 2.51. The third kappa shape index (κ3) is 5.12. The number of hydrogen-bond acceptors (Lipinski definition) is 2. The van der Waals surface area contributed by atoms with Crippen LogP contribution in [0.1, 0.15) is 36.8 Å². The van der Waals surface area contributed by atoms with E-state index in [1.165, 1.54) is 0 Å². The van der Waals surface area contributed by atoms with E-state index in [4.69, 9.17) is 5.11 Å². The average Bonchev–Trinajstić information content (AvgIpc) is 2.37. The predicted molar refractivity (Wildman–Crippen MR) is 75.4 cm³/mol. The second-order valence-corrected chi connectivity index (χ2v) is 4.79. The molecule has 1 amide bonds. The number of carbonyl (C=O) groups excluding carboxylic acids is 1. The number of hydrogen-bond donors (Lipinski definition) is 1. The van der Waals surface area contributed by atoms with Crippen LogP contribution in [-0.4, -0.2) is 24.0 Å². The maximum absolute atomic E-state index is 11.2. The Morgan fingerprint density at radius 3 is 2.63 bits per heavy atom. The van der Waals surface area contributed by atoms with Crippen molar-refractivity contribution in [1.82, 2.24) is 0 Å². The van der Waals surface area contributed by atoms with Gasteiger partial charge in [0.25, 0.3) is 0 Å². The van der Waals surface area contributed by atoms with Crippen LogP contribution >= 0.6 is 0 Å². The molecule has 0 fully saturated rings. The van der Waals surface area contributed by atoms with Crippen LogP contribution in [-0.2, 0) is 9.59 Å². The molecule has 4 heteroatoms. The van der Waals surface area contributed by atoms with Crippen LogP contribution in [0.5, 0.6) is 0 Å². The topological polar surface area (TPSA) is 57.6 Å². The highest BCUT2D eigenvalue weighted by Crippen LogP contribution is 2.21. The molecule has 0 unspecified atom stereocenters. The Bertz CT molecular complexity index is 443. The van der Waals surface area contributed by atoms with Crippen LogP contribution in [0.3, 0.4) is 0 Å². The lowest BCUT2D eigenvalue weighted by molar-refractivity contribution is -0.137. The summed E-state index contributed by atoms with van der Waals surface area (Å²) in [6.45, 7) is 4.61. The average molecular weight is 263 g/mol. The van der Waals surface area contributed by atoms with E-state index in [1.54, 1.807) is 4.90 Å². The van der Waals surface area contributed by atoms with Crippen molar-refractivity contribution in [3.63, 3.8) is 0 Å². The van der Waals surface area contributed by atoms with E-state index in [0.29, 0.717) is 13.0 Å². The fourth-order valence-corrected chi connectivity index (χ4v) is 1.99. The van der Waals surface area contributed by atoms with E-state index in [1.807, 2.05) is 32.0 Å². The molecule has 0 radical (unpaired) electrons. The fraction of sp³-hybridized carbons (Fsp3) is 0.467. The number of aliphatic carboxylic acids is 1. The van der Waals surface area contributed by atoms with Crippen molar-refractivity contribution in [2.45, 2.75) is 39.5 Å². The molecule has 0 aliphatic rings. The second-order valence-electron chi connectivity index (χ2n) is 4.79. The molecule has 1 aromatic rings. The van der Waals surface area contributed by atoms with Gasteiger partial charge >= 0.3 is 5.97 Å². The zero-order valence-corrected chi connectivity index (χ0v) is 11.6. The van der Waals surface area contributed by atoms with Gasteiger partial charge in [-0.3, -0.25) is 9.59 Å². The molecule has 0 aromatic heterocycles. The first-order valence-electron chi connectivity index (χ1n) is 6.55. The monoisotopic (exact) mass is 263 g/mol. The Hall–Kier alpha value is -1.84. The number of anilines is 1. The predicted octanol–water partition coefficient (Wildman–Crippen LogP) is 2.91. The molecule has 0 aliphatic carbocycles. The number of carboxylic acid groups (broad SMARTS) is 1. The molecule has 1 rings (SSSR count). The van der Waals surface area contributed by atoms with E-state index in [9.17, 15) is 9.59 Å². The molecule has 4 nitrogen and oxygen atoms in total. The molecule has 0 aliphatic heterocycles. The second kappa shape index (κ2) is 7.56. The first-order chi connectivity index (χ1) is 9.04. The van der Waals surface area contributed by atoms with E-state index in [-0.39, 0.29) is 6.42 Å². The number of rotatable bonds is 8. The molecule has 0 heterocycles. The van der Waals surface area contributed by atoms with Crippen LogP contribution in [0.25, 0.3) is 0 Å². The van der Waals surface area contributed by atoms with Crippen molar-refractivity contribution in [3.05, 3.63) is 29.3 Å². The summed E-state index contributed by atoms with van der Waals surface area (Å²) in [5, 5.41) is 8.55. The SMILES string of the molecule is Cc1ccc(C)c(N(C=O)CCCCCC(=O)O)c1. The summed E-state index contributed by atoms with van der Waals surface area (Å²) in [5.41, 5.74) is 3.13. The molecule has 0 saturated carbocycles. The first kappa shape index (κ1) is 15.2. The number of carboxylic acids is 1. The van der Waals surface area contributed by atoms with Crippen LogP contribution < -0.4 is 4.90 Å². The van der Waals surface area contributed by atoms with Gasteiger partial charge in [0.1, 0.15) is 0 Å². The number of benzene rings is 1. The summed E-state index contributed by atoms with van der Waals surface area (Å²) in [6.07, 6.45) is 3.35. The van der Waals surface area contributed by atoms with Crippen molar-refractivity contribution in [2.24, 2.45) is 0 Å². The lowest BCUT2D eigenvalue weighted by Gasteiger charge is -2.20. The fourth-order valence-electron chi connectivity index (χ4n) is 1.99. The van der Waals surface area contributed by atoms with Gasteiger partial charge in [0.05, 0.1) is 0 Å². The van der Waals surface area contributed by atoms with E-state index < -0.39 is 5.97 Å². The van der Waals surface area contributed by atoms with Crippen LogP contribution in [0.2, 0.25) is 0 Å². The van der Waals surface area contributed by atoms with Crippen LogP contribution in [0.4, 0.5) is 5.69 Å². The molecule has 1 aromatic carbocycles. The number of carbonyl (C=O) groups is 2. The quantitative estimate of drug-likeness (QED) is 0.579. The molecule has 19 heavy (non-hydrogen) atoms. The summed E-state index contributed by atoms with van der Waals surface area (Å²) in [7, 11) is 0. The maximum Gasteiger partial charge on any atom is 0.303 e. The van der Waals surface area contributed by atoms with Gasteiger partial charge in [-0.25, -0.2) is 0 Å². The number of nitrogens with zero attached hydrogens (tertiary/aromatic N) is 1. The van der Waals surface area contributed by atoms with Crippen molar-refractivity contribution in [1.29, 1.82) is 0 Å². The minimum atomic E-state index is -0.762. The molecule has 0 bridgehead atoms. The van der Waals surface area contributed by atoms with Gasteiger partial charge in [-0.1, -0.05) is 18.6 Å². The van der Waals surface area contributed by atoms with Gasteiger partial charge in [0, 0.05) is 18.7 Å². The molecule has 0 atom stereocenters. The number of aryl methyl sites for hydroxylation is 2. The molecule has 0 saturated heterocycles. The molecular formula is C15H21NO3. The smallest absolute Gasteiger partial charge is 0.303 e. The van der Waals surface area contributed by atoms with Crippen molar-refractivity contribution >= 4 is 18.1 Å². The molecule has 104 valence electrons. The third-order valence-corrected chi connectivity index (χ3v) is 3.09. The van der Waals surface area contributed by atoms with Crippen molar-refractivity contribution in [3.8, 4) is 0 Å². The number of amides is 1. The Morgan fingerprint density at radius 1 is 1.26 bits per heavy atom. The standard InChI is InChI=1S/C15H21NO3/c1-12-7-8-13(2)14(10-12)16(11-17)9-5-3-4-6-15(18)19/h7-8,10-11H,3-6,9H2,1-2H3,(H,18,19). The van der Waals surface area contributed by atoms with Crippen LogP contribution in [0, 0.1) is 13.8 Å². The number of unbranched alkanes of at least 4 members (excludes halogenated alkanes) is 2. The van der Waals surface area contributed by atoms with Gasteiger partial charge in [-0.15, -0.1) is 0 Å². The first-order valence-corrected chi connectivity index (χ1v) is 6.55. The highest BCUT2D eigenvalue weighted by Gasteiger charge is 2.08. The van der Waals surface area contributed by atoms with Gasteiger partial charge in [-0.2, -0.15) is 0 Å². The minimum absolute atomic E-state index is 0.199. The minimum Gasteiger partial charge on any atom is -0.481 e. The van der Waals surface area contributed by atoms with Gasteiger partial charge < -0.3 is 10.0 Å². The molecular weight excluding hydrogens is 242 g/mol. The molecule has 1 N–H and O–H groups in total. The van der Waals surface area contributed by atoms with E-state index in [0.717, 1.165) is 36.1 Å². The zero-order chi connectivity index (χ0) is 14.3. The Kier molecular flexibility index (Phi) is 6.06. The van der Waals surface area contributed by atoms with E-state index in [2.05, 4.69) is 0 Å². The van der Waals surface area contributed by atoms with Crippen molar-refractivity contribution in [2.75, 3.05) is 11.4 Å². The van der Waals surface area contributed by atoms with Gasteiger partial charge in [0.15, 0.2) is 0 Å². The Labute approximate surface area is 114 Å². The molecule has 0 spiro atoms. The van der Waals surface area contributed by atoms with Gasteiger partial charge in [-0.05, 0) is 43.9 Å². The van der Waals surface area contributed by atoms with Crippen LogP contribution in [0.15, 0.2) is 18.2 Å². The maximum atomic E-state index is 11.2. The normalized spacial score (nSPS) is 10.2. The largest absolute Gasteiger partial charge is 0.481 e. The van der Waals surface area contributed by atoms with Gasteiger partial charge in [0.2, 0.25) is 6.41 Å². The summed E-state index contributed by atoms with van der Waals surface area (Å²) in [5.74, 6) is -0.762. The lowest BCUT2D eigenvalue weighted by Crippen LogP contribution is -2.23. The zero-order valence-electron chi connectivity index (χ0n) is 11.6. The van der Waals surface area contributed by atoms with Crippen molar-refractivity contribution < 1.29 is 14.7 Å². The Morgan fingerprint density at radius 2 is 2.00 bits per heavy atom. The summed E-state index contributed by atoms with van der Waals surface area (Å²) < 4.78 is 0. The highest BCUT2D eigenvalue weighted by molar-refractivity contribution is 5.77. The van der Waals surface area contributed by atoms with E-state index >= 15 is 0 Å². The summed E-state index contributed by atoms with van der Waals surface area (Å²) in [4.78, 5) is 23.3. The highest BCUT2D eigenvalue weighted by atomic mass is 16.4. The summed E-state index contributed by atoms with van der Waals surface area (Å²) in [6, 6.07) is 6.03. The summed E-state index contributed by atoms with van der Waals surface area (Å²) >= 11 is 0. The lowest BCUT2D eigenvalue weighted by atomic mass is 10.1.